The molecule has 0 spiro atoms. The summed E-state index contributed by atoms with van der Waals surface area (Å²) in [6.45, 7) is 2.67. The summed E-state index contributed by atoms with van der Waals surface area (Å²) in [5.41, 5.74) is 9.12. The van der Waals surface area contributed by atoms with Gasteiger partial charge < -0.3 is 5.73 Å². The number of hydrogen-bond donors (Lipinski definition) is 1. The van der Waals surface area contributed by atoms with E-state index in [0.29, 0.717) is 6.54 Å². The van der Waals surface area contributed by atoms with Crippen LogP contribution in [0.3, 0.4) is 0 Å². The largest absolute Gasteiger partial charge is 0.325 e. The quantitative estimate of drug-likeness (QED) is 0.845. The molecule has 0 fully saturated rings. The maximum atomic E-state index is 5.75. The van der Waals surface area contributed by atoms with Crippen molar-refractivity contribution in [1.82, 2.24) is 9.78 Å². The molecule has 2 rings (SSSR count). The zero-order valence-corrected chi connectivity index (χ0v) is 11.0. The molecule has 0 saturated carbocycles. The number of benzene rings is 1. The van der Waals surface area contributed by atoms with Gasteiger partial charge in [0, 0.05) is 24.1 Å². The molecule has 0 amide bonds. The summed E-state index contributed by atoms with van der Waals surface area (Å²) >= 11 is 1.85. The van der Waals surface area contributed by atoms with Crippen molar-refractivity contribution in [2.45, 2.75) is 18.4 Å². The fraction of sp³-hybridized carbons (Fsp3) is 0.308. The van der Waals surface area contributed by atoms with E-state index in [-0.39, 0.29) is 0 Å². The van der Waals surface area contributed by atoms with E-state index >= 15 is 0 Å². The molecule has 0 unspecified atom stereocenters. The molecule has 0 aliphatic carbocycles. The minimum absolute atomic E-state index is 0.511. The summed E-state index contributed by atoms with van der Waals surface area (Å²) in [5.74, 6) is 1.10. The predicted octanol–water partition coefficient (Wildman–Crippen LogP) is 2.66. The van der Waals surface area contributed by atoms with Crippen LogP contribution in [0.1, 0.15) is 12.6 Å². The van der Waals surface area contributed by atoms with E-state index in [1.165, 1.54) is 10.5 Å². The van der Waals surface area contributed by atoms with Gasteiger partial charge in [-0.1, -0.05) is 19.1 Å². The smallest absolute Gasteiger partial charge is 0.0594 e. The lowest BCUT2D eigenvalue weighted by Crippen LogP contribution is -2.05. The van der Waals surface area contributed by atoms with Crippen LogP contribution in [0, 0.1) is 0 Å². The Labute approximate surface area is 106 Å². The third-order valence-electron chi connectivity index (χ3n) is 2.73. The molecule has 0 bridgehead atoms. The molecule has 0 aliphatic heterocycles. The van der Waals surface area contributed by atoms with Gasteiger partial charge >= 0.3 is 0 Å². The Morgan fingerprint density at radius 2 is 2.00 bits per heavy atom. The number of hydrogen-bond acceptors (Lipinski definition) is 3. The molecular formula is C13H17N3S. The zero-order valence-electron chi connectivity index (χ0n) is 10.2. The molecular weight excluding hydrogens is 230 g/mol. The normalized spacial score (nSPS) is 10.8. The molecule has 1 aromatic carbocycles. The zero-order chi connectivity index (χ0) is 12.3. The lowest BCUT2D eigenvalue weighted by atomic mass is 10.1. The Morgan fingerprint density at radius 1 is 1.29 bits per heavy atom. The summed E-state index contributed by atoms with van der Waals surface area (Å²) in [5, 5.41) is 4.25. The average molecular weight is 247 g/mol. The lowest BCUT2D eigenvalue weighted by Gasteiger charge is -2.04. The van der Waals surface area contributed by atoms with Crippen LogP contribution in [0.5, 0.6) is 0 Å². The van der Waals surface area contributed by atoms with Gasteiger partial charge in [0.2, 0.25) is 0 Å². The third kappa shape index (κ3) is 2.53. The second-order valence-corrected chi connectivity index (χ2v) is 5.13. The number of thioether (sulfide) groups is 1. The van der Waals surface area contributed by atoms with Crippen LogP contribution >= 0.6 is 11.8 Å². The Hall–Kier alpha value is -1.26. The first-order chi connectivity index (χ1) is 8.26. The lowest BCUT2D eigenvalue weighted by molar-refractivity contribution is 0.713. The minimum Gasteiger partial charge on any atom is -0.325 e. The van der Waals surface area contributed by atoms with Crippen LogP contribution in [0.2, 0.25) is 0 Å². The molecule has 2 N–H and O–H groups in total. The van der Waals surface area contributed by atoms with E-state index in [0.717, 1.165) is 17.0 Å². The van der Waals surface area contributed by atoms with E-state index in [4.69, 9.17) is 5.73 Å². The van der Waals surface area contributed by atoms with E-state index < -0.39 is 0 Å². The van der Waals surface area contributed by atoms with Gasteiger partial charge in [-0.3, -0.25) is 4.68 Å². The van der Waals surface area contributed by atoms with Crippen LogP contribution < -0.4 is 5.73 Å². The van der Waals surface area contributed by atoms with Crippen LogP contribution in [0.4, 0.5) is 0 Å². The molecule has 2 aromatic rings. The van der Waals surface area contributed by atoms with Gasteiger partial charge in [0.15, 0.2) is 0 Å². The van der Waals surface area contributed by atoms with E-state index in [1.807, 2.05) is 29.7 Å². The highest BCUT2D eigenvalue weighted by Crippen LogP contribution is 2.26. The summed E-state index contributed by atoms with van der Waals surface area (Å²) < 4.78 is 1.84. The van der Waals surface area contributed by atoms with Crippen LogP contribution in [0.25, 0.3) is 11.1 Å². The fourth-order valence-corrected chi connectivity index (χ4v) is 2.51. The summed E-state index contributed by atoms with van der Waals surface area (Å²) in [4.78, 5) is 1.30. The summed E-state index contributed by atoms with van der Waals surface area (Å²) in [7, 11) is 1.92. The second kappa shape index (κ2) is 5.38. The van der Waals surface area contributed by atoms with Gasteiger partial charge in [0.1, 0.15) is 0 Å². The highest BCUT2D eigenvalue weighted by atomic mass is 32.2. The molecule has 1 aromatic heterocycles. The monoisotopic (exact) mass is 247 g/mol. The number of nitrogens with two attached hydrogens (primary N) is 1. The Kier molecular flexibility index (Phi) is 3.86. The maximum Gasteiger partial charge on any atom is 0.0594 e. The molecule has 0 atom stereocenters. The Balaban J connectivity index is 2.33. The molecule has 90 valence electrons. The first kappa shape index (κ1) is 12.2. The standard InChI is InChI=1S/C13H17N3S/c1-3-17-11-6-4-10(5-7-11)12-9-15-16(2)13(12)8-14/h4-7,9H,3,8,14H2,1-2H3. The summed E-state index contributed by atoms with van der Waals surface area (Å²) in [6, 6.07) is 8.57. The van der Waals surface area contributed by atoms with Crippen molar-refractivity contribution in [2.24, 2.45) is 12.8 Å². The van der Waals surface area contributed by atoms with Crippen molar-refractivity contribution >= 4 is 11.8 Å². The number of aromatic nitrogens is 2. The highest BCUT2D eigenvalue weighted by Gasteiger charge is 2.08. The van der Waals surface area contributed by atoms with Crippen molar-refractivity contribution in [1.29, 1.82) is 0 Å². The molecule has 17 heavy (non-hydrogen) atoms. The van der Waals surface area contributed by atoms with Gasteiger partial charge in [-0.15, -0.1) is 11.8 Å². The van der Waals surface area contributed by atoms with Crippen molar-refractivity contribution in [3.8, 4) is 11.1 Å². The molecule has 0 saturated heterocycles. The number of aryl methyl sites for hydroxylation is 1. The van der Waals surface area contributed by atoms with Gasteiger partial charge in [-0.2, -0.15) is 5.10 Å². The van der Waals surface area contributed by atoms with Crippen LogP contribution in [-0.4, -0.2) is 15.5 Å². The highest BCUT2D eigenvalue weighted by molar-refractivity contribution is 7.99. The molecule has 1 heterocycles. The van der Waals surface area contributed by atoms with Crippen molar-refractivity contribution in [3.05, 3.63) is 36.2 Å². The first-order valence-corrected chi connectivity index (χ1v) is 6.69. The average Bonchev–Trinajstić information content (AvgIpc) is 2.72. The van der Waals surface area contributed by atoms with E-state index in [9.17, 15) is 0 Å². The predicted molar refractivity (Wildman–Crippen MR) is 72.9 cm³/mol. The van der Waals surface area contributed by atoms with E-state index in [1.54, 1.807) is 0 Å². The molecule has 3 nitrogen and oxygen atoms in total. The van der Waals surface area contributed by atoms with Crippen molar-refractivity contribution in [3.63, 3.8) is 0 Å². The minimum atomic E-state index is 0.511. The second-order valence-electron chi connectivity index (χ2n) is 3.79. The molecule has 4 heteroatoms. The van der Waals surface area contributed by atoms with Crippen molar-refractivity contribution in [2.75, 3.05) is 5.75 Å². The van der Waals surface area contributed by atoms with Crippen molar-refractivity contribution < 1.29 is 0 Å². The van der Waals surface area contributed by atoms with Gasteiger partial charge in [-0.25, -0.2) is 0 Å². The first-order valence-electron chi connectivity index (χ1n) is 5.70. The van der Waals surface area contributed by atoms with Gasteiger partial charge in [-0.05, 0) is 23.4 Å². The SMILES string of the molecule is CCSc1ccc(-c2cnn(C)c2CN)cc1. The van der Waals surface area contributed by atoms with E-state index in [2.05, 4.69) is 36.3 Å². The number of rotatable bonds is 4. The summed E-state index contributed by atoms with van der Waals surface area (Å²) in [6.07, 6.45) is 1.88. The Morgan fingerprint density at radius 3 is 2.59 bits per heavy atom. The maximum absolute atomic E-state index is 5.75. The topological polar surface area (TPSA) is 43.8 Å². The number of nitrogens with zero attached hydrogens (tertiary/aromatic N) is 2. The third-order valence-corrected chi connectivity index (χ3v) is 3.63. The van der Waals surface area contributed by atoms with Crippen LogP contribution in [0.15, 0.2) is 35.4 Å². The molecule has 0 aliphatic rings. The molecule has 0 radical (unpaired) electrons. The van der Waals surface area contributed by atoms with Crippen LogP contribution in [-0.2, 0) is 13.6 Å². The Bertz CT molecular complexity index is 488. The fourth-order valence-electron chi connectivity index (χ4n) is 1.84. The van der Waals surface area contributed by atoms with Gasteiger partial charge in [0.25, 0.3) is 0 Å². The van der Waals surface area contributed by atoms with Gasteiger partial charge in [0.05, 0.1) is 11.9 Å².